The van der Waals surface area contributed by atoms with E-state index in [1.54, 1.807) is 12.1 Å². The van der Waals surface area contributed by atoms with E-state index in [-0.39, 0.29) is 11.7 Å². The Hall–Kier alpha value is -2.76. The van der Waals surface area contributed by atoms with Crippen LogP contribution in [0.1, 0.15) is 56.2 Å². The van der Waals surface area contributed by atoms with Crippen LogP contribution >= 0.6 is 0 Å². The van der Waals surface area contributed by atoms with Crippen molar-refractivity contribution >= 4 is 17.6 Å². The maximum atomic E-state index is 12.0. The zero-order valence-corrected chi connectivity index (χ0v) is 16.4. The lowest BCUT2D eigenvalue weighted by Crippen LogP contribution is -2.38. The Balaban J connectivity index is 1.84. The monoisotopic (exact) mass is 370 g/mol. The summed E-state index contributed by atoms with van der Waals surface area (Å²) in [6.45, 7) is 7.04. The van der Waals surface area contributed by atoms with Gasteiger partial charge in [-0.3, -0.25) is 4.79 Å². The first-order valence-corrected chi connectivity index (χ1v) is 9.44. The number of aliphatic imine (C=N–C) groups is 1. The van der Waals surface area contributed by atoms with Crippen LogP contribution < -0.4 is 16.4 Å². The third kappa shape index (κ3) is 7.56. The molecular formula is C21H30N4O2. The Labute approximate surface area is 161 Å². The Bertz CT molecular complexity index is 738. The van der Waals surface area contributed by atoms with Gasteiger partial charge in [0.25, 0.3) is 5.91 Å². The Kier molecular flexibility index (Phi) is 7.92. The van der Waals surface area contributed by atoms with Crippen molar-refractivity contribution in [2.75, 3.05) is 5.32 Å². The van der Waals surface area contributed by atoms with Crippen LogP contribution in [-0.4, -0.2) is 17.9 Å². The molecule has 2 rings (SSSR count). The number of nitrogens with zero attached hydrogens (tertiary/aromatic N) is 1. The van der Waals surface area contributed by atoms with Gasteiger partial charge in [-0.05, 0) is 49.1 Å². The molecule has 6 heteroatoms. The van der Waals surface area contributed by atoms with Crippen LogP contribution in [0.15, 0.2) is 52.1 Å². The topological polar surface area (TPSA) is 92.6 Å². The largest absolute Gasteiger partial charge is 0.459 e. The van der Waals surface area contributed by atoms with Gasteiger partial charge >= 0.3 is 0 Å². The number of carbonyl (C=O) groups excluding carboxylic acids is 1. The van der Waals surface area contributed by atoms with Gasteiger partial charge in [-0.15, -0.1) is 0 Å². The maximum absolute atomic E-state index is 12.0. The second-order valence-electron chi connectivity index (χ2n) is 7.20. The van der Waals surface area contributed by atoms with Crippen molar-refractivity contribution in [1.29, 1.82) is 0 Å². The van der Waals surface area contributed by atoms with Gasteiger partial charge in [0.2, 0.25) is 0 Å². The molecule has 1 amide bonds. The number of amides is 1. The minimum Gasteiger partial charge on any atom is -0.459 e. The Morgan fingerprint density at radius 2 is 2.00 bits per heavy atom. The second-order valence-corrected chi connectivity index (χ2v) is 7.20. The summed E-state index contributed by atoms with van der Waals surface area (Å²) >= 11 is 0. The molecule has 0 aliphatic heterocycles. The molecule has 4 N–H and O–H groups in total. The smallest absolute Gasteiger partial charge is 0.291 e. The fourth-order valence-corrected chi connectivity index (χ4v) is 2.73. The van der Waals surface area contributed by atoms with Crippen molar-refractivity contribution in [3.05, 3.63) is 54.0 Å². The number of hydrogen-bond donors (Lipinski definition) is 3. The van der Waals surface area contributed by atoms with Gasteiger partial charge in [0.1, 0.15) is 0 Å². The number of carbonyl (C=O) groups is 1. The minimum atomic E-state index is -0.281. The zero-order chi connectivity index (χ0) is 19.6. The van der Waals surface area contributed by atoms with E-state index in [1.807, 2.05) is 24.3 Å². The molecule has 27 heavy (non-hydrogen) atoms. The van der Waals surface area contributed by atoms with Crippen molar-refractivity contribution in [1.82, 2.24) is 5.32 Å². The van der Waals surface area contributed by atoms with Crippen molar-refractivity contribution in [2.24, 2.45) is 16.6 Å². The number of furan rings is 1. The van der Waals surface area contributed by atoms with Gasteiger partial charge in [0, 0.05) is 11.7 Å². The highest BCUT2D eigenvalue weighted by Crippen LogP contribution is 2.13. The van der Waals surface area contributed by atoms with Crippen LogP contribution in [0.4, 0.5) is 5.69 Å². The summed E-state index contributed by atoms with van der Waals surface area (Å²) in [5.41, 5.74) is 7.65. The third-order valence-electron chi connectivity index (χ3n) is 4.17. The lowest BCUT2D eigenvalue weighted by atomic mass is 10.0. The van der Waals surface area contributed by atoms with Gasteiger partial charge in [0.05, 0.1) is 12.8 Å². The van der Waals surface area contributed by atoms with E-state index >= 15 is 0 Å². The average molecular weight is 370 g/mol. The maximum Gasteiger partial charge on any atom is 0.291 e. The fourth-order valence-electron chi connectivity index (χ4n) is 2.73. The van der Waals surface area contributed by atoms with Crippen LogP contribution in [0.3, 0.4) is 0 Å². The van der Waals surface area contributed by atoms with Crippen LogP contribution in [0.2, 0.25) is 0 Å². The number of guanidine groups is 1. The summed E-state index contributed by atoms with van der Waals surface area (Å²) in [4.78, 5) is 16.4. The minimum absolute atomic E-state index is 0.276. The molecule has 1 aromatic heterocycles. The Morgan fingerprint density at radius 3 is 2.70 bits per heavy atom. The highest BCUT2D eigenvalue weighted by molar-refractivity contribution is 6.02. The summed E-state index contributed by atoms with van der Waals surface area (Å²) in [5.74, 6) is 1.16. The molecule has 6 nitrogen and oxygen atoms in total. The van der Waals surface area contributed by atoms with E-state index in [4.69, 9.17) is 10.2 Å². The fraction of sp³-hybridized carbons (Fsp3) is 0.429. The summed E-state index contributed by atoms with van der Waals surface area (Å²) < 4.78 is 5.10. The molecule has 0 bridgehead atoms. The average Bonchev–Trinajstić information content (AvgIpc) is 3.15. The van der Waals surface area contributed by atoms with Gasteiger partial charge in [-0.1, -0.05) is 38.8 Å². The molecule has 1 unspecified atom stereocenters. The number of rotatable bonds is 9. The molecule has 0 radical (unpaired) electrons. The number of nitrogens with one attached hydrogen (secondary N) is 2. The first kappa shape index (κ1) is 20.6. The second kappa shape index (κ2) is 10.4. The molecule has 0 spiro atoms. The Morgan fingerprint density at radius 1 is 1.19 bits per heavy atom. The highest BCUT2D eigenvalue weighted by Gasteiger charge is 2.09. The summed E-state index contributed by atoms with van der Waals surface area (Å²) in [6.07, 6.45) is 4.94. The first-order chi connectivity index (χ1) is 12.9. The van der Waals surface area contributed by atoms with Crippen LogP contribution in [0.25, 0.3) is 0 Å². The van der Waals surface area contributed by atoms with Gasteiger partial charge < -0.3 is 20.8 Å². The predicted molar refractivity (Wildman–Crippen MR) is 110 cm³/mol. The number of anilines is 1. The number of benzene rings is 1. The molecule has 0 saturated heterocycles. The lowest BCUT2D eigenvalue weighted by Gasteiger charge is -2.15. The molecule has 1 aromatic carbocycles. The van der Waals surface area contributed by atoms with Crippen molar-refractivity contribution in [3.63, 3.8) is 0 Å². The van der Waals surface area contributed by atoms with Gasteiger partial charge in [-0.25, -0.2) is 4.99 Å². The van der Waals surface area contributed by atoms with E-state index in [0.29, 0.717) is 24.2 Å². The van der Waals surface area contributed by atoms with Crippen molar-refractivity contribution < 1.29 is 9.21 Å². The first-order valence-electron chi connectivity index (χ1n) is 9.44. The molecule has 1 atom stereocenters. The van der Waals surface area contributed by atoms with E-state index in [9.17, 15) is 4.79 Å². The highest BCUT2D eigenvalue weighted by atomic mass is 16.3. The van der Waals surface area contributed by atoms with Crippen molar-refractivity contribution in [3.8, 4) is 0 Å². The third-order valence-corrected chi connectivity index (χ3v) is 4.17. The SMILES string of the molecule is CC(C)CCCC(C)NC(N)=NCc1cccc(NC(=O)c2ccco2)c1. The van der Waals surface area contributed by atoms with Gasteiger partial charge in [-0.2, -0.15) is 0 Å². The molecule has 0 aliphatic carbocycles. The van der Waals surface area contributed by atoms with E-state index < -0.39 is 0 Å². The van der Waals surface area contributed by atoms with Crippen LogP contribution in [-0.2, 0) is 6.54 Å². The molecule has 146 valence electrons. The molecular weight excluding hydrogens is 340 g/mol. The van der Waals surface area contributed by atoms with E-state index in [0.717, 1.165) is 17.9 Å². The standard InChI is InChI=1S/C21H30N4O2/c1-15(2)7-4-8-16(3)24-21(22)23-14-17-9-5-10-18(13-17)25-20(26)19-11-6-12-27-19/h5-6,9-13,15-16H,4,7-8,14H2,1-3H3,(H,25,26)(H3,22,23,24). The normalized spacial score (nSPS) is 12.8. The lowest BCUT2D eigenvalue weighted by molar-refractivity contribution is 0.0996. The predicted octanol–water partition coefficient (Wildman–Crippen LogP) is 4.15. The summed E-state index contributed by atoms with van der Waals surface area (Å²) in [6, 6.07) is 11.1. The quantitative estimate of drug-likeness (QED) is 0.457. The van der Waals surface area contributed by atoms with Crippen LogP contribution in [0.5, 0.6) is 0 Å². The van der Waals surface area contributed by atoms with Gasteiger partial charge in [0.15, 0.2) is 11.7 Å². The molecule has 2 aromatic rings. The van der Waals surface area contributed by atoms with Crippen LogP contribution in [0, 0.1) is 5.92 Å². The zero-order valence-electron chi connectivity index (χ0n) is 16.4. The molecule has 0 fully saturated rings. The summed E-state index contributed by atoms with van der Waals surface area (Å²) in [7, 11) is 0. The van der Waals surface area contributed by atoms with E-state index in [1.165, 1.54) is 19.1 Å². The number of nitrogens with two attached hydrogens (primary N) is 1. The molecule has 0 saturated carbocycles. The van der Waals surface area contributed by atoms with E-state index in [2.05, 4.69) is 36.4 Å². The molecule has 0 aliphatic rings. The number of hydrogen-bond acceptors (Lipinski definition) is 3. The summed E-state index contributed by atoms with van der Waals surface area (Å²) in [5, 5.41) is 6.04. The van der Waals surface area contributed by atoms with Crippen molar-refractivity contribution in [2.45, 2.75) is 52.6 Å². The molecule has 1 heterocycles.